The third-order valence-electron chi connectivity index (χ3n) is 5.41. The molecule has 0 amide bonds. The Morgan fingerprint density at radius 3 is 2.06 bits per heavy atom. The van der Waals surface area contributed by atoms with Crippen LogP contribution in [0.3, 0.4) is 0 Å². The average molecular weight is 584 g/mol. The quantitative estimate of drug-likeness (QED) is 0.246. The summed E-state index contributed by atoms with van der Waals surface area (Å²) in [5, 5.41) is -0.287. The highest BCUT2D eigenvalue weighted by Gasteiger charge is 2.51. The Hall–Kier alpha value is -2.62. The Morgan fingerprint density at radius 2 is 1.47 bits per heavy atom. The van der Waals surface area contributed by atoms with Crippen molar-refractivity contribution in [3.05, 3.63) is 64.2 Å². The van der Waals surface area contributed by atoms with Gasteiger partial charge >= 0.3 is 17.9 Å². The molecule has 8 nitrogen and oxygen atoms in total. The van der Waals surface area contributed by atoms with Gasteiger partial charge in [0.25, 0.3) is 0 Å². The standard InChI is InChI=1S/C26H28BrClO8/c1-5-32-20-9-6-17(7-10-20)12-19-13-18(8-11-21(19)28)22-23(33-14(2)29)24(34-15(3)30)25(26(27)36-22)35-16(4)31/h6-11,13,22-26H,5,12H2,1-4H3. The minimum Gasteiger partial charge on any atom is -0.494 e. The first-order valence-corrected chi connectivity index (χ1v) is 12.7. The minimum absolute atomic E-state index is 0.533. The van der Waals surface area contributed by atoms with Gasteiger partial charge in [0.15, 0.2) is 23.3 Å². The van der Waals surface area contributed by atoms with E-state index >= 15 is 0 Å². The SMILES string of the molecule is CCOc1ccc(Cc2cc(C3OC(Br)C(OC(C)=O)C(OC(C)=O)C3OC(C)=O)ccc2Cl)cc1. The van der Waals surface area contributed by atoms with Crippen molar-refractivity contribution in [1.29, 1.82) is 0 Å². The molecule has 0 aromatic heterocycles. The zero-order valence-electron chi connectivity index (χ0n) is 20.4. The van der Waals surface area contributed by atoms with Crippen molar-refractivity contribution in [3.63, 3.8) is 0 Å². The molecule has 1 heterocycles. The molecule has 10 heteroatoms. The maximum atomic E-state index is 12.0. The number of hydrogen-bond acceptors (Lipinski definition) is 8. The van der Waals surface area contributed by atoms with Gasteiger partial charge in [-0.1, -0.05) is 51.8 Å². The zero-order chi connectivity index (χ0) is 26.4. The predicted molar refractivity (Wildman–Crippen MR) is 135 cm³/mol. The highest BCUT2D eigenvalue weighted by atomic mass is 79.9. The Balaban J connectivity index is 1.96. The number of esters is 3. The van der Waals surface area contributed by atoms with Gasteiger partial charge < -0.3 is 23.7 Å². The van der Waals surface area contributed by atoms with Gasteiger partial charge in [-0.15, -0.1) is 0 Å². The third-order valence-corrected chi connectivity index (χ3v) is 6.52. The molecule has 0 bridgehead atoms. The van der Waals surface area contributed by atoms with Crippen molar-refractivity contribution < 1.29 is 38.1 Å². The van der Waals surface area contributed by atoms with E-state index in [1.54, 1.807) is 12.1 Å². The predicted octanol–water partition coefficient (Wildman–Crippen LogP) is 4.92. The van der Waals surface area contributed by atoms with Crippen LogP contribution in [0.25, 0.3) is 0 Å². The van der Waals surface area contributed by atoms with Crippen molar-refractivity contribution >= 4 is 45.4 Å². The number of carbonyl (C=O) groups is 3. The lowest BCUT2D eigenvalue weighted by molar-refractivity contribution is -0.232. The smallest absolute Gasteiger partial charge is 0.303 e. The summed E-state index contributed by atoms with van der Waals surface area (Å²) in [5.74, 6) is -1.05. The number of rotatable bonds is 8. The molecule has 194 valence electrons. The molecule has 1 saturated heterocycles. The van der Waals surface area contributed by atoms with E-state index in [-0.39, 0.29) is 0 Å². The molecule has 0 aliphatic carbocycles. The molecule has 3 rings (SSSR count). The fraction of sp³-hybridized carbons (Fsp3) is 0.423. The van der Waals surface area contributed by atoms with Gasteiger partial charge in [0.2, 0.25) is 0 Å². The first-order chi connectivity index (χ1) is 17.1. The van der Waals surface area contributed by atoms with Crippen LogP contribution in [0.1, 0.15) is 50.5 Å². The molecule has 0 saturated carbocycles. The van der Waals surface area contributed by atoms with E-state index < -0.39 is 47.3 Å². The van der Waals surface area contributed by atoms with Crippen LogP contribution >= 0.6 is 27.5 Å². The molecular weight excluding hydrogens is 556 g/mol. The summed E-state index contributed by atoms with van der Waals surface area (Å²) >= 11 is 9.89. The Labute approximate surface area is 223 Å². The Kier molecular flexibility index (Phi) is 9.76. The van der Waals surface area contributed by atoms with E-state index in [1.165, 1.54) is 20.8 Å². The molecule has 5 unspecified atom stereocenters. The summed E-state index contributed by atoms with van der Waals surface area (Å²) in [5.41, 5.74) is 2.49. The summed E-state index contributed by atoms with van der Waals surface area (Å²) < 4.78 is 28.0. The Bertz CT molecular complexity index is 1090. The second-order valence-electron chi connectivity index (χ2n) is 8.23. The molecule has 36 heavy (non-hydrogen) atoms. The van der Waals surface area contributed by atoms with Crippen LogP contribution in [-0.4, -0.2) is 47.8 Å². The fourth-order valence-corrected chi connectivity index (χ4v) is 4.85. The zero-order valence-corrected chi connectivity index (χ0v) is 22.7. The van der Waals surface area contributed by atoms with E-state index in [0.717, 1.165) is 16.9 Å². The fourth-order valence-electron chi connectivity index (χ4n) is 4.03. The lowest BCUT2D eigenvalue weighted by Gasteiger charge is -2.43. The van der Waals surface area contributed by atoms with Crippen molar-refractivity contribution in [2.45, 2.75) is 63.5 Å². The molecule has 2 aromatic carbocycles. The molecule has 0 spiro atoms. The molecule has 0 radical (unpaired) electrons. The number of ether oxygens (including phenoxy) is 5. The highest BCUT2D eigenvalue weighted by molar-refractivity contribution is 9.09. The average Bonchev–Trinajstić information content (AvgIpc) is 2.80. The summed E-state index contributed by atoms with van der Waals surface area (Å²) in [6.45, 7) is 6.19. The van der Waals surface area contributed by atoms with Crippen molar-refractivity contribution in [3.8, 4) is 5.75 Å². The van der Waals surface area contributed by atoms with E-state index in [4.69, 9.17) is 35.3 Å². The van der Waals surface area contributed by atoms with Crippen LogP contribution in [-0.2, 0) is 39.8 Å². The van der Waals surface area contributed by atoms with Crippen LogP contribution in [0.5, 0.6) is 5.75 Å². The maximum absolute atomic E-state index is 12.0. The van der Waals surface area contributed by atoms with E-state index in [2.05, 4.69) is 15.9 Å². The normalized spacial score (nSPS) is 23.4. The van der Waals surface area contributed by atoms with Gasteiger partial charge in [0.1, 0.15) is 11.9 Å². The molecule has 2 aromatic rings. The van der Waals surface area contributed by atoms with Gasteiger partial charge in [-0.2, -0.15) is 0 Å². The molecule has 5 atom stereocenters. The number of carbonyl (C=O) groups excluding carboxylic acids is 3. The molecule has 1 fully saturated rings. The van der Waals surface area contributed by atoms with Crippen molar-refractivity contribution in [2.24, 2.45) is 0 Å². The number of alkyl halides is 1. The third kappa shape index (κ3) is 7.21. The first kappa shape index (κ1) is 28.0. The highest BCUT2D eigenvalue weighted by Crippen LogP contribution is 2.40. The number of benzene rings is 2. The molecule has 1 aliphatic rings. The van der Waals surface area contributed by atoms with Crippen LogP contribution in [0.4, 0.5) is 0 Å². The lowest BCUT2D eigenvalue weighted by atomic mass is 9.92. The summed E-state index contributed by atoms with van der Waals surface area (Å²) in [7, 11) is 0. The van der Waals surface area contributed by atoms with Gasteiger partial charge in [0, 0.05) is 25.8 Å². The molecular formula is C26H28BrClO8. The summed E-state index contributed by atoms with van der Waals surface area (Å²) in [4.78, 5) is 35.6. The van der Waals surface area contributed by atoms with Crippen LogP contribution in [0, 0.1) is 0 Å². The van der Waals surface area contributed by atoms with E-state index in [0.29, 0.717) is 23.6 Å². The van der Waals surface area contributed by atoms with Crippen molar-refractivity contribution in [1.82, 2.24) is 0 Å². The van der Waals surface area contributed by atoms with Crippen LogP contribution in [0.15, 0.2) is 42.5 Å². The van der Waals surface area contributed by atoms with Gasteiger partial charge in [-0.3, -0.25) is 14.4 Å². The maximum Gasteiger partial charge on any atom is 0.303 e. The summed E-state index contributed by atoms with van der Waals surface area (Å²) in [6.07, 6.45) is -3.54. The topological polar surface area (TPSA) is 97.4 Å². The second kappa shape index (κ2) is 12.6. The number of hydrogen-bond donors (Lipinski definition) is 0. The molecule has 0 N–H and O–H groups in total. The van der Waals surface area contributed by atoms with E-state index in [9.17, 15) is 14.4 Å². The number of halogens is 2. The van der Waals surface area contributed by atoms with Crippen molar-refractivity contribution in [2.75, 3.05) is 6.61 Å². The largest absolute Gasteiger partial charge is 0.494 e. The summed E-state index contributed by atoms with van der Waals surface area (Å²) in [6, 6.07) is 13.1. The minimum atomic E-state index is -1.11. The van der Waals surface area contributed by atoms with Crippen LogP contribution in [0.2, 0.25) is 5.02 Å². The first-order valence-electron chi connectivity index (χ1n) is 11.4. The van der Waals surface area contributed by atoms with Gasteiger partial charge in [-0.25, -0.2) is 0 Å². The van der Waals surface area contributed by atoms with E-state index in [1.807, 2.05) is 37.3 Å². The molecule has 1 aliphatic heterocycles. The van der Waals surface area contributed by atoms with Crippen LogP contribution < -0.4 is 4.74 Å². The lowest BCUT2D eigenvalue weighted by Crippen LogP contribution is -2.56. The second-order valence-corrected chi connectivity index (χ2v) is 9.54. The Morgan fingerprint density at radius 1 is 0.889 bits per heavy atom. The monoisotopic (exact) mass is 582 g/mol. The van der Waals surface area contributed by atoms with Gasteiger partial charge in [-0.05, 0) is 48.2 Å². The van der Waals surface area contributed by atoms with Gasteiger partial charge in [0.05, 0.1) is 6.61 Å².